The molecule has 3 aromatic rings. The smallest absolute Gasteiger partial charge is 0.255 e. The van der Waals surface area contributed by atoms with Gasteiger partial charge in [-0.05, 0) is 60.2 Å². The lowest BCUT2D eigenvalue weighted by atomic mass is 9.91. The number of pyridine rings is 1. The number of hydrogen-bond acceptors (Lipinski definition) is 5. The fourth-order valence-corrected chi connectivity index (χ4v) is 4.44. The number of H-pyrrole nitrogens is 1. The molecule has 0 bridgehead atoms. The third kappa shape index (κ3) is 3.89. The van der Waals surface area contributed by atoms with Crippen molar-refractivity contribution in [1.82, 2.24) is 19.9 Å². The first-order valence-electron chi connectivity index (χ1n) is 9.42. The Bertz CT molecular complexity index is 1010. The largest absolute Gasteiger partial charge is 0.342 e. The first-order valence-corrected chi connectivity index (χ1v) is 10.4. The molecule has 0 spiro atoms. The van der Waals surface area contributed by atoms with Gasteiger partial charge in [0, 0.05) is 42.3 Å². The van der Waals surface area contributed by atoms with E-state index in [0.29, 0.717) is 23.0 Å². The third-order valence-corrected chi connectivity index (χ3v) is 6.07. The number of nitrogens with zero attached hydrogens (tertiary/aromatic N) is 3. The molecule has 1 amide bonds. The molecule has 0 aromatic carbocycles. The number of likely N-dealkylation sites (tertiary alicyclic amines) is 1. The molecule has 0 radical (unpaired) electrons. The lowest BCUT2D eigenvalue weighted by molar-refractivity contribution is -0.131. The number of aryl methyl sites for hydroxylation is 1. The first kappa shape index (κ1) is 18.6. The molecule has 1 aliphatic rings. The van der Waals surface area contributed by atoms with Crippen LogP contribution in [0.25, 0.3) is 11.4 Å². The SMILES string of the molecule is Cc1nc(-c2ccncc2)[nH]c(=O)c1CC(=O)N1CCC(c2ccsc2)CC1. The van der Waals surface area contributed by atoms with Crippen molar-refractivity contribution in [3.8, 4) is 11.4 Å². The molecular weight excluding hydrogens is 372 g/mol. The number of amides is 1. The summed E-state index contributed by atoms with van der Waals surface area (Å²) in [5.41, 5.74) is 2.96. The second-order valence-electron chi connectivity index (χ2n) is 7.10. The number of aromatic amines is 1. The topological polar surface area (TPSA) is 79.0 Å². The summed E-state index contributed by atoms with van der Waals surface area (Å²) in [5, 5.41) is 4.30. The maximum Gasteiger partial charge on any atom is 0.255 e. The summed E-state index contributed by atoms with van der Waals surface area (Å²) in [7, 11) is 0. The predicted molar refractivity (Wildman–Crippen MR) is 109 cm³/mol. The van der Waals surface area contributed by atoms with Gasteiger partial charge in [0.15, 0.2) is 0 Å². The average molecular weight is 395 g/mol. The maximum absolute atomic E-state index is 12.8. The lowest BCUT2D eigenvalue weighted by Crippen LogP contribution is -2.39. The van der Waals surface area contributed by atoms with E-state index in [2.05, 4.69) is 31.8 Å². The highest BCUT2D eigenvalue weighted by atomic mass is 32.1. The number of piperidine rings is 1. The van der Waals surface area contributed by atoms with Crippen molar-refractivity contribution in [1.29, 1.82) is 0 Å². The molecule has 28 heavy (non-hydrogen) atoms. The van der Waals surface area contributed by atoms with E-state index in [0.717, 1.165) is 31.5 Å². The standard InChI is InChI=1S/C21H22N4O2S/c1-14-18(21(27)24-20(23-14)16-2-7-22-8-3-16)12-19(26)25-9-4-15(5-10-25)17-6-11-28-13-17/h2-3,6-8,11,13,15H,4-5,9-10,12H2,1H3,(H,23,24,27). The van der Waals surface area contributed by atoms with Gasteiger partial charge in [0.05, 0.1) is 6.42 Å². The monoisotopic (exact) mass is 394 g/mol. The zero-order chi connectivity index (χ0) is 19.5. The van der Waals surface area contributed by atoms with Crippen molar-refractivity contribution in [2.75, 3.05) is 13.1 Å². The molecule has 6 nitrogen and oxygen atoms in total. The number of aromatic nitrogens is 3. The van der Waals surface area contributed by atoms with Crippen LogP contribution in [0.4, 0.5) is 0 Å². The van der Waals surface area contributed by atoms with Crippen LogP contribution in [-0.4, -0.2) is 38.8 Å². The van der Waals surface area contributed by atoms with Crippen LogP contribution in [0.2, 0.25) is 0 Å². The number of nitrogens with one attached hydrogen (secondary N) is 1. The van der Waals surface area contributed by atoms with Crippen molar-refractivity contribution in [3.63, 3.8) is 0 Å². The Morgan fingerprint density at radius 2 is 2.00 bits per heavy atom. The van der Waals surface area contributed by atoms with Gasteiger partial charge in [-0.2, -0.15) is 11.3 Å². The summed E-state index contributed by atoms with van der Waals surface area (Å²) in [6.45, 7) is 3.25. The molecule has 4 rings (SSSR count). The summed E-state index contributed by atoms with van der Waals surface area (Å²) >= 11 is 1.72. The molecule has 0 saturated carbocycles. The Labute approximate surface area is 167 Å². The Morgan fingerprint density at radius 1 is 1.25 bits per heavy atom. The summed E-state index contributed by atoms with van der Waals surface area (Å²) in [4.78, 5) is 38.5. The van der Waals surface area contributed by atoms with Crippen molar-refractivity contribution < 1.29 is 4.79 Å². The molecular formula is C21H22N4O2S. The Balaban J connectivity index is 1.44. The molecule has 144 valence electrons. The van der Waals surface area contributed by atoms with Crippen molar-refractivity contribution in [2.45, 2.75) is 32.1 Å². The van der Waals surface area contributed by atoms with Gasteiger partial charge in [-0.15, -0.1) is 0 Å². The Kier molecular flexibility index (Phi) is 5.34. The van der Waals surface area contributed by atoms with Crippen LogP contribution in [0.5, 0.6) is 0 Å². The van der Waals surface area contributed by atoms with E-state index in [1.54, 1.807) is 42.8 Å². The van der Waals surface area contributed by atoms with Crippen LogP contribution in [0.1, 0.15) is 35.6 Å². The maximum atomic E-state index is 12.8. The molecule has 0 aliphatic carbocycles. The number of rotatable bonds is 4. The van der Waals surface area contributed by atoms with Crippen molar-refractivity contribution >= 4 is 17.2 Å². The predicted octanol–water partition coefficient (Wildman–Crippen LogP) is 3.15. The molecule has 1 aliphatic heterocycles. The molecule has 1 fully saturated rings. The van der Waals surface area contributed by atoms with Crippen LogP contribution in [0.15, 0.2) is 46.1 Å². The quantitative estimate of drug-likeness (QED) is 0.737. The van der Waals surface area contributed by atoms with Gasteiger partial charge < -0.3 is 9.88 Å². The normalized spacial score (nSPS) is 15.0. The number of carbonyl (C=O) groups excluding carboxylic acids is 1. The highest BCUT2D eigenvalue weighted by molar-refractivity contribution is 7.07. The van der Waals surface area contributed by atoms with E-state index >= 15 is 0 Å². The van der Waals surface area contributed by atoms with Crippen LogP contribution < -0.4 is 5.56 Å². The van der Waals surface area contributed by atoms with E-state index in [4.69, 9.17) is 0 Å². The van der Waals surface area contributed by atoms with Gasteiger partial charge in [0.25, 0.3) is 5.56 Å². The summed E-state index contributed by atoms with van der Waals surface area (Å²) in [6, 6.07) is 5.76. The van der Waals surface area contributed by atoms with Gasteiger partial charge in [-0.1, -0.05) is 0 Å². The second-order valence-corrected chi connectivity index (χ2v) is 7.88. The summed E-state index contributed by atoms with van der Waals surface area (Å²) in [5.74, 6) is 1.02. The number of thiophene rings is 1. The number of carbonyl (C=O) groups is 1. The van der Waals surface area contributed by atoms with E-state index in [-0.39, 0.29) is 17.9 Å². The van der Waals surface area contributed by atoms with Crippen LogP contribution in [0.3, 0.4) is 0 Å². The van der Waals surface area contributed by atoms with Crippen LogP contribution >= 0.6 is 11.3 Å². The van der Waals surface area contributed by atoms with E-state index in [9.17, 15) is 9.59 Å². The zero-order valence-corrected chi connectivity index (χ0v) is 16.5. The summed E-state index contributed by atoms with van der Waals surface area (Å²) < 4.78 is 0. The van der Waals surface area contributed by atoms with Crippen LogP contribution in [0, 0.1) is 6.92 Å². The fourth-order valence-electron chi connectivity index (χ4n) is 3.70. The van der Waals surface area contributed by atoms with Gasteiger partial charge in [0.2, 0.25) is 5.91 Å². The molecule has 1 saturated heterocycles. The molecule has 1 N–H and O–H groups in total. The minimum Gasteiger partial charge on any atom is -0.342 e. The average Bonchev–Trinajstić information content (AvgIpc) is 3.26. The van der Waals surface area contributed by atoms with Gasteiger partial charge in [0.1, 0.15) is 5.82 Å². The molecule has 0 atom stereocenters. The van der Waals surface area contributed by atoms with Crippen molar-refractivity contribution in [3.05, 3.63) is 68.5 Å². The lowest BCUT2D eigenvalue weighted by Gasteiger charge is -2.32. The highest BCUT2D eigenvalue weighted by Gasteiger charge is 2.25. The van der Waals surface area contributed by atoms with Crippen LogP contribution in [-0.2, 0) is 11.2 Å². The minimum atomic E-state index is -0.249. The fraction of sp³-hybridized carbons (Fsp3) is 0.333. The third-order valence-electron chi connectivity index (χ3n) is 5.37. The molecule has 4 heterocycles. The zero-order valence-electron chi connectivity index (χ0n) is 15.7. The Morgan fingerprint density at radius 3 is 2.64 bits per heavy atom. The van der Waals surface area contributed by atoms with E-state index in [1.165, 1.54) is 5.56 Å². The van der Waals surface area contributed by atoms with Gasteiger partial charge in [-0.3, -0.25) is 14.6 Å². The van der Waals surface area contributed by atoms with Gasteiger partial charge in [-0.25, -0.2) is 4.98 Å². The minimum absolute atomic E-state index is 0.00386. The molecule has 3 aromatic heterocycles. The van der Waals surface area contributed by atoms with Gasteiger partial charge >= 0.3 is 0 Å². The van der Waals surface area contributed by atoms with E-state index < -0.39 is 0 Å². The van der Waals surface area contributed by atoms with Crippen molar-refractivity contribution in [2.24, 2.45) is 0 Å². The molecule has 7 heteroatoms. The Hall–Kier alpha value is -2.80. The number of hydrogen-bond donors (Lipinski definition) is 1. The summed E-state index contributed by atoms with van der Waals surface area (Å²) in [6.07, 6.45) is 5.34. The highest BCUT2D eigenvalue weighted by Crippen LogP contribution is 2.29. The molecule has 0 unspecified atom stereocenters. The second kappa shape index (κ2) is 8.06. The first-order chi connectivity index (χ1) is 13.6. The van der Waals surface area contributed by atoms with E-state index in [1.807, 2.05) is 4.90 Å².